The third-order valence-corrected chi connectivity index (χ3v) is 5.83. The second kappa shape index (κ2) is 8.59. The van der Waals surface area contributed by atoms with Crippen LogP contribution in [0, 0.1) is 0 Å². The summed E-state index contributed by atoms with van der Waals surface area (Å²) >= 11 is 6.05. The standard InChI is InChI=1S/C18H18ClN3O5S/c19-13-9-14-15(27-11-18(24)22-14)10-16(13)28(25,26)21-7-6-20-17(23)8-12-4-2-1-3-5-12/h1-5,9-10,21H,6-8,11H2,(H,20,23)(H,22,24). The minimum atomic E-state index is -3.92. The van der Waals surface area contributed by atoms with E-state index in [9.17, 15) is 18.0 Å². The van der Waals surface area contributed by atoms with E-state index in [1.165, 1.54) is 12.1 Å². The van der Waals surface area contributed by atoms with Crippen LogP contribution in [0.3, 0.4) is 0 Å². The van der Waals surface area contributed by atoms with Gasteiger partial charge < -0.3 is 15.4 Å². The van der Waals surface area contributed by atoms with Crippen molar-refractivity contribution in [3.63, 3.8) is 0 Å². The van der Waals surface area contributed by atoms with Gasteiger partial charge in [-0.1, -0.05) is 41.9 Å². The molecule has 3 rings (SSSR count). The van der Waals surface area contributed by atoms with Crippen LogP contribution in [0.1, 0.15) is 5.56 Å². The summed E-state index contributed by atoms with van der Waals surface area (Å²) in [5.41, 5.74) is 1.18. The normalized spacial score (nSPS) is 13.2. The molecule has 1 aliphatic rings. The molecule has 0 fully saturated rings. The fourth-order valence-electron chi connectivity index (χ4n) is 2.60. The number of carbonyl (C=O) groups excluding carboxylic acids is 2. The maximum atomic E-state index is 12.5. The number of hydrogen-bond donors (Lipinski definition) is 3. The Morgan fingerprint density at radius 2 is 1.93 bits per heavy atom. The van der Waals surface area contributed by atoms with Crippen LogP contribution in [0.15, 0.2) is 47.4 Å². The number of rotatable bonds is 7. The fourth-order valence-corrected chi connectivity index (χ4v) is 4.17. The Kier molecular flexibility index (Phi) is 6.18. The molecular weight excluding hydrogens is 406 g/mol. The molecule has 0 spiro atoms. The lowest BCUT2D eigenvalue weighted by Crippen LogP contribution is -2.35. The van der Waals surface area contributed by atoms with E-state index in [1.807, 2.05) is 30.3 Å². The average Bonchev–Trinajstić information content (AvgIpc) is 2.65. The van der Waals surface area contributed by atoms with E-state index in [0.717, 1.165) is 5.56 Å². The highest BCUT2D eigenvalue weighted by atomic mass is 35.5. The molecule has 28 heavy (non-hydrogen) atoms. The summed E-state index contributed by atoms with van der Waals surface area (Å²) in [5, 5.41) is 5.16. The van der Waals surface area contributed by atoms with Gasteiger partial charge in [-0.25, -0.2) is 13.1 Å². The second-order valence-electron chi connectivity index (χ2n) is 6.03. The van der Waals surface area contributed by atoms with Gasteiger partial charge in [0, 0.05) is 19.2 Å². The van der Waals surface area contributed by atoms with Crippen LogP contribution in [0.25, 0.3) is 0 Å². The van der Waals surface area contributed by atoms with E-state index in [-0.39, 0.29) is 53.6 Å². The summed E-state index contributed by atoms with van der Waals surface area (Å²) in [6, 6.07) is 11.8. The zero-order valence-electron chi connectivity index (χ0n) is 14.7. The van der Waals surface area contributed by atoms with Crippen molar-refractivity contribution >= 4 is 39.1 Å². The van der Waals surface area contributed by atoms with Gasteiger partial charge in [-0.05, 0) is 11.6 Å². The van der Waals surface area contributed by atoms with Gasteiger partial charge in [-0.3, -0.25) is 9.59 Å². The fraction of sp³-hybridized carbons (Fsp3) is 0.222. The summed E-state index contributed by atoms with van der Waals surface area (Å²) in [7, 11) is -3.92. The quantitative estimate of drug-likeness (QED) is 0.581. The van der Waals surface area contributed by atoms with Crippen molar-refractivity contribution in [1.82, 2.24) is 10.0 Å². The summed E-state index contributed by atoms with van der Waals surface area (Å²) in [6.45, 7) is -0.0805. The Hall–Kier alpha value is -2.62. The topological polar surface area (TPSA) is 114 Å². The van der Waals surface area contributed by atoms with E-state index in [1.54, 1.807) is 0 Å². The van der Waals surface area contributed by atoms with Gasteiger partial charge in [0.1, 0.15) is 10.6 Å². The third kappa shape index (κ3) is 5.00. The molecule has 0 radical (unpaired) electrons. The molecule has 3 N–H and O–H groups in total. The molecule has 0 saturated heterocycles. The predicted molar refractivity (Wildman–Crippen MR) is 104 cm³/mol. The molecule has 0 bridgehead atoms. The number of nitrogens with one attached hydrogen (secondary N) is 3. The number of sulfonamides is 1. The highest BCUT2D eigenvalue weighted by molar-refractivity contribution is 7.89. The van der Waals surface area contributed by atoms with E-state index in [0.29, 0.717) is 5.69 Å². The molecule has 0 aliphatic carbocycles. The zero-order valence-corrected chi connectivity index (χ0v) is 16.3. The van der Waals surface area contributed by atoms with Crippen LogP contribution in [0.2, 0.25) is 5.02 Å². The van der Waals surface area contributed by atoms with Crippen molar-refractivity contribution in [2.45, 2.75) is 11.3 Å². The Morgan fingerprint density at radius 3 is 2.68 bits per heavy atom. The molecule has 10 heteroatoms. The first-order valence-corrected chi connectivity index (χ1v) is 10.3. The number of amides is 2. The van der Waals surface area contributed by atoms with E-state index < -0.39 is 10.0 Å². The number of fused-ring (bicyclic) bond motifs is 1. The average molecular weight is 424 g/mol. The van der Waals surface area contributed by atoms with Crippen molar-refractivity contribution in [2.24, 2.45) is 0 Å². The molecular formula is C18H18ClN3O5S. The molecule has 2 amide bonds. The predicted octanol–water partition coefficient (Wildman–Crippen LogP) is 1.31. The van der Waals surface area contributed by atoms with Crippen LogP contribution in [-0.4, -0.2) is 39.9 Å². The van der Waals surface area contributed by atoms with Gasteiger partial charge in [0.25, 0.3) is 5.91 Å². The number of anilines is 1. The third-order valence-electron chi connectivity index (χ3n) is 3.90. The lowest BCUT2D eigenvalue weighted by Gasteiger charge is -2.19. The van der Waals surface area contributed by atoms with Crippen LogP contribution in [0.4, 0.5) is 5.69 Å². The van der Waals surface area contributed by atoms with Crippen LogP contribution < -0.4 is 20.1 Å². The maximum absolute atomic E-state index is 12.5. The summed E-state index contributed by atoms with van der Waals surface area (Å²) in [5.74, 6) is -0.328. The minimum absolute atomic E-state index is 0.00608. The maximum Gasteiger partial charge on any atom is 0.262 e. The van der Waals surface area contributed by atoms with Gasteiger partial charge >= 0.3 is 0 Å². The Balaban J connectivity index is 1.55. The molecule has 0 unspecified atom stereocenters. The van der Waals surface area contributed by atoms with Gasteiger partial charge in [0.2, 0.25) is 15.9 Å². The van der Waals surface area contributed by atoms with E-state index in [4.69, 9.17) is 16.3 Å². The smallest absolute Gasteiger partial charge is 0.262 e. The van der Waals surface area contributed by atoms with Gasteiger partial charge in [-0.2, -0.15) is 0 Å². The number of carbonyl (C=O) groups is 2. The molecule has 8 nitrogen and oxygen atoms in total. The highest BCUT2D eigenvalue weighted by Crippen LogP contribution is 2.35. The lowest BCUT2D eigenvalue weighted by atomic mass is 10.1. The molecule has 1 aliphatic heterocycles. The van der Waals surface area contributed by atoms with Gasteiger partial charge in [0.05, 0.1) is 17.1 Å². The van der Waals surface area contributed by atoms with Gasteiger partial charge in [-0.15, -0.1) is 0 Å². The number of benzene rings is 2. The van der Waals surface area contributed by atoms with Crippen molar-refractivity contribution in [1.29, 1.82) is 0 Å². The van der Waals surface area contributed by atoms with Crippen LogP contribution in [0.5, 0.6) is 5.75 Å². The molecule has 0 saturated carbocycles. The van der Waals surface area contributed by atoms with Crippen LogP contribution in [-0.2, 0) is 26.0 Å². The summed E-state index contributed by atoms with van der Waals surface area (Å²) in [4.78, 5) is 23.0. The Labute approximate surface area is 167 Å². The first-order valence-electron chi connectivity index (χ1n) is 8.41. The summed E-state index contributed by atoms with van der Waals surface area (Å²) in [6.07, 6.45) is 0.216. The van der Waals surface area contributed by atoms with Gasteiger partial charge in [0.15, 0.2) is 6.61 Å². The SMILES string of the molecule is O=C(Cc1ccccc1)NCCNS(=O)(=O)c1cc2c(cc1Cl)NC(=O)CO2. The number of hydrogen-bond acceptors (Lipinski definition) is 5. The largest absolute Gasteiger partial charge is 0.482 e. The Bertz CT molecular complexity index is 996. The van der Waals surface area contributed by atoms with Crippen LogP contribution >= 0.6 is 11.6 Å². The van der Waals surface area contributed by atoms with Crippen molar-refractivity contribution < 1.29 is 22.7 Å². The zero-order chi connectivity index (χ0) is 20.1. The van der Waals surface area contributed by atoms with Crippen molar-refractivity contribution in [3.05, 3.63) is 53.1 Å². The number of ether oxygens (including phenoxy) is 1. The molecule has 0 aromatic heterocycles. The first kappa shape index (κ1) is 20.1. The summed E-state index contributed by atoms with van der Waals surface area (Å²) < 4.78 is 32.6. The first-order chi connectivity index (χ1) is 13.3. The Morgan fingerprint density at radius 1 is 1.18 bits per heavy atom. The molecule has 148 valence electrons. The molecule has 0 atom stereocenters. The lowest BCUT2D eigenvalue weighted by molar-refractivity contribution is -0.120. The molecule has 1 heterocycles. The van der Waals surface area contributed by atoms with Crippen molar-refractivity contribution in [3.8, 4) is 5.75 Å². The molecule has 2 aromatic carbocycles. The van der Waals surface area contributed by atoms with Crippen molar-refractivity contribution in [2.75, 3.05) is 25.0 Å². The second-order valence-corrected chi connectivity index (χ2v) is 8.17. The highest BCUT2D eigenvalue weighted by Gasteiger charge is 2.24. The number of halogens is 1. The van der Waals surface area contributed by atoms with E-state index >= 15 is 0 Å². The van der Waals surface area contributed by atoms with E-state index in [2.05, 4.69) is 15.4 Å². The molecule has 2 aromatic rings. The monoisotopic (exact) mass is 423 g/mol. The minimum Gasteiger partial charge on any atom is -0.482 e.